The maximum Gasteiger partial charge on any atom is 0.0874 e. The van der Waals surface area contributed by atoms with Crippen LogP contribution in [0.1, 0.15) is 44.2 Å². The van der Waals surface area contributed by atoms with E-state index in [1.165, 1.54) is 28.5 Å². The monoisotopic (exact) mass is 275 g/mol. The molecule has 102 valence electrons. The molecule has 1 unspecified atom stereocenters. The van der Waals surface area contributed by atoms with Crippen LogP contribution in [-0.2, 0) is 4.74 Å². The molecule has 0 spiro atoms. The van der Waals surface area contributed by atoms with Crippen molar-refractivity contribution in [3.8, 4) is 0 Å². The summed E-state index contributed by atoms with van der Waals surface area (Å²) in [5.41, 5.74) is 7.74. The van der Waals surface area contributed by atoms with Gasteiger partial charge >= 0.3 is 0 Å². The van der Waals surface area contributed by atoms with Crippen LogP contribution in [0.15, 0.2) is 29.6 Å². The van der Waals surface area contributed by atoms with Gasteiger partial charge in [0.2, 0.25) is 0 Å². The van der Waals surface area contributed by atoms with Crippen molar-refractivity contribution in [3.05, 3.63) is 35.2 Å². The summed E-state index contributed by atoms with van der Waals surface area (Å²) < 4.78 is 7.43. The topological polar surface area (TPSA) is 35.2 Å². The van der Waals surface area contributed by atoms with E-state index in [0.29, 0.717) is 0 Å². The third kappa shape index (κ3) is 2.20. The molecule has 0 radical (unpaired) electrons. The Labute approximate surface area is 118 Å². The van der Waals surface area contributed by atoms with Gasteiger partial charge in [0.1, 0.15) is 0 Å². The minimum atomic E-state index is -0.146. The molecule has 19 heavy (non-hydrogen) atoms. The first-order valence-electron chi connectivity index (χ1n) is 7.12. The lowest BCUT2D eigenvalue weighted by atomic mass is 9.87. The first kappa shape index (κ1) is 13.1. The van der Waals surface area contributed by atoms with E-state index in [4.69, 9.17) is 10.5 Å². The number of thiophene rings is 1. The van der Waals surface area contributed by atoms with Crippen molar-refractivity contribution in [2.24, 2.45) is 5.73 Å². The van der Waals surface area contributed by atoms with Gasteiger partial charge in [-0.2, -0.15) is 0 Å². The number of nitrogens with two attached hydrogens (primary N) is 1. The van der Waals surface area contributed by atoms with E-state index < -0.39 is 0 Å². The lowest BCUT2D eigenvalue weighted by molar-refractivity contribution is -0.0533. The van der Waals surface area contributed by atoms with Gasteiger partial charge in [-0.1, -0.05) is 31.0 Å². The molecular weight excluding hydrogens is 254 g/mol. The summed E-state index contributed by atoms with van der Waals surface area (Å²) >= 11 is 1.78. The normalized spacial score (nSPS) is 19.9. The van der Waals surface area contributed by atoms with Gasteiger partial charge in [-0.3, -0.25) is 0 Å². The highest BCUT2D eigenvalue weighted by Gasteiger charge is 2.41. The molecular formula is C16H21NOS. The largest absolute Gasteiger partial charge is 0.373 e. The van der Waals surface area contributed by atoms with Gasteiger partial charge < -0.3 is 10.5 Å². The maximum atomic E-state index is 6.63. The Balaban J connectivity index is 2.02. The number of hydrogen-bond donors (Lipinski definition) is 1. The van der Waals surface area contributed by atoms with Gasteiger partial charge in [-0.05, 0) is 42.2 Å². The Hall–Kier alpha value is -0.900. The molecule has 2 N–H and O–H groups in total. The number of hydrogen-bond acceptors (Lipinski definition) is 3. The van der Waals surface area contributed by atoms with Crippen molar-refractivity contribution in [2.75, 3.05) is 6.61 Å². The molecule has 1 saturated carbocycles. The third-order valence-corrected chi connectivity index (χ3v) is 5.27. The molecule has 0 bridgehead atoms. The van der Waals surface area contributed by atoms with Gasteiger partial charge in [0.15, 0.2) is 0 Å². The molecule has 0 amide bonds. The fourth-order valence-corrected chi connectivity index (χ4v) is 4.30. The Morgan fingerprint density at radius 3 is 2.84 bits per heavy atom. The molecule has 1 fully saturated rings. The predicted octanol–water partition coefficient (Wildman–Crippen LogP) is 4.25. The minimum absolute atomic E-state index is 0.0164. The summed E-state index contributed by atoms with van der Waals surface area (Å²) in [6.45, 7) is 2.81. The fourth-order valence-electron chi connectivity index (χ4n) is 3.35. The predicted molar refractivity (Wildman–Crippen MR) is 81.6 cm³/mol. The Bertz CT molecular complexity index is 557. The first-order valence-corrected chi connectivity index (χ1v) is 8.00. The number of benzene rings is 1. The summed E-state index contributed by atoms with van der Waals surface area (Å²) in [6.07, 6.45) is 4.63. The van der Waals surface area contributed by atoms with Gasteiger partial charge in [0.05, 0.1) is 11.6 Å². The van der Waals surface area contributed by atoms with E-state index in [0.717, 1.165) is 19.4 Å². The van der Waals surface area contributed by atoms with Crippen LogP contribution in [0, 0.1) is 0 Å². The standard InChI is InChI=1S/C16H21NOS/c1-2-18-16(9-3-4-10-16)15(17)13-7-5-6-12-8-11-19-14(12)13/h5-8,11,15H,2-4,9-10,17H2,1H3. The number of fused-ring (bicyclic) bond motifs is 1. The molecule has 1 aromatic carbocycles. The lowest BCUT2D eigenvalue weighted by Gasteiger charge is -2.35. The molecule has 3 rings (SSSR count). The van der Waals surface area contributed by atoms with Crippen molar-refractivity contribution in [3.63, 3.8) is 0 Å². The van der Waals surface area contributed by atoms with E-state index in [9.17, 15) is 0 Å². The van der Waals surface area contributed by atoms with Crippen LogP contribution in [0.25, 0.3) is 10.1 Å². The van der Waals surface area contributed by atoms with Crippen LogP contribution in [0.5, 0.6) is 0 Å². The highest BCUT2D eigenvalue weighted by Crippen LogP contribution is 2.43. The molecule has 1 aliphatic carbocycles. The SMILES string of the molecule is CCOC1(C(N)c2cccc3ccsc23)CCCC1. The lowest BCUT2D eigenvalue weighted by Crippen LogP contribution is -2.41. The summed E-state index contributed by atoms with van der Waals surface area (Å²) in [6, 6.07) is 8.58. The van der Waals surface area contributed by atoms with Crippen molar-refractivity contribution in [2.45, 2.75) is 44.2 Å². The molecule has 0 saturated heterocycles. The van der Waals surface area contributed by atoms with Crippen molar-refractivity contribution in [1.82, 2.24) is 0 Å². The van der Waals surface area contributed by atoms with Gasteiger partial charge in [-0.15, -0.1) is 11.3 Å². The van der Waals surface area contributed by atoms with Crippen LogP contribution < -0.4 is 5.73 Å². The fraction of sp³-hybridized carbons (Fsp3) is 0.500. The van der Waals surface area contributed by atoms with Crippen molar-refractivity contribution >= 4 is 21.4 Å². The van der Waals surface area contributed by atoms with Crippen LogP contribution in [-0.4, -0.2) is 12.2 Å². The average molecular weight is 275 g/mol. The van der Waals surface area contributed by atoms with Crippen LogP contribution in [0.2, 0.25) is 0 Å². The highest BCUT2D eigenvalue weighted by atomic mass is 32.1. The zero-order valence-corrected chi connectivity index (χ0v) is 12.2. The van der Waals surface area contributed by atoms with Gasteiger partial charge in [-0.25, -0.2) is 0 Å². The van der Waals surface area contributed by atoms with E-state index >= 15 is 0 Å². The first-order chi connectivity index (χ1) is 9.27. The molecule has 0 aliphatic heterocycles. The Morgan fingerprint density at radius 2 is 2.11 bits per heavy atom. The van der Waals surface area contributed by atoms with E-state index in [2.05, 4.69) is 36.6 Å². The number of ether oxygens (including phenoxy) is 1. The maximum absolute atomic E-state index is 6.63. The Morgan fingerprint density at radius 1 is 1.32 bits per heavy atom. The third-order valence-electron chi connectivity index (χ3n) is 4.29. The molecule has 1 aliphatic rings. The molecule has 1 heterocycles. The van der Waals surface area contributed by atoms with Crippen LogP contribution in [0.4, 0.5) is 0 Å². The zero-order chi connectivity index (χ0) is 13.3. The van der Waals surface area contributed by atoms with E-state index in [-0.39, 0.29) is 11.6 Å². The molecule has 3 heteroatoms. The zero-order valence-electron chi connectivity index (χ0n) is 11.4. The van der Waals surface area contributed by atoms with E-state index in [1.54, 1.807) is 11.3 Å². The summed E-state index contributed by atoms with van der Waals surface area (Å²) in [5, 5.41) is 3.44. The quantitative estimate of drug-likeness (QED) is 0.905. The smallest absolute Gasteiger partial charge is 0.0874 e. The second kappa shape index (κ2) is 5.23. The second-order valence-corrected chi connectivity index (χ2v) is 6.28. The second-order valence-electron chi connectivity index (χ2n) is 5.37. The van der Waals surface area contributed by atoms with Crippen molar-refractivity contribution < 1.29 is 4.74 Å². The highest BCUT2D eigenvalue weighted by molar-refractivity contribution is 7.17. The van der Waals surface area contributed by atoms with Crippen LogP contribution in [0.3, 0.4) is 0 Å². The molecule has 2 aromatic rings. The van der Waals surface area contributed by atoms with E-state index in [1.807, 2.05) is 0 Å². The average Bonchev–Trinajstić information content (AvgIpc) is 3.06. The summed E-state index contributed by atoms with van der Waals surface area (Å²) in [5.74, 6) is 0. The van der Waals surface area contributed by atoms with Crippen molar-refractivity contribution in [1.29, 1.82) is 0 Å². The van der Waals surface area contributed by atoms with Gasteiger partial charge in [0.25, 0.3) is 0 Å². The van der Waals surface area contributed by atoms with Crippen LogP contribution >= 0.6 is 11.3 Å². The van der Waals surface area contributed by atoms with Gasteiger partial charge in [0, 0.05) is 11.3 Å². The molecule has 2 nitrogen and oxygen atoms in total. The molecule has 1 aromatic heterocycles. The number of rotatable bonds is 4. The minimum Gasteiger partial charge on any atom is -0.373 e. The molecule has 1 atom stereocenters. The summed E-state index contributed by atoms with van der Waals surface area (Å²) in [4.78, 5) is 0. The summed E-state index contributed by atoms with van der Waals surface area (Å²) in [7, 11) is 0. The Kier molecular flexibility index (Phi) is 3.61.